The standard InChI is InChI=1S/C22H24ClN3O4/c1-30-20-5-3-2-4-19(20)25-8-10-26(11-9-25)21(27)12-15(13-22(28)29)17-14-16(23)6-7-18(17)24/h2-7,13-14H,8-12,24H2,1H3,(H,28,29)/b15-13+. The Morgan fingerprint density at radius 2 is 1.87 bits per heavy atom. The van der Waals surface area contributed by atoms with Crippen molar-refractivity contribution in [1.82, 2.24) is 4.90 Å². The molecule has 1 saturated heterocycles. The summed E-state index contributed by atoms with van der Waals surface area (Å²) in [4.78, 5) is 28.1. The molecule has 2 aromatic carbocycles. The fourth-order valence-corrected chi connectivity index (χ4v) is 3.71. The van der Waals surface area contributed by atoms with Gasteiger partial charge in [-0.25, -0.2) is 4.79 Å². The quantitative estimate of drug-likeness (QED) is 0.541. The van der Waals surface area contributed by atoms with Gasteiger partial charge in [0.1, 0.15) is 5.75 Å². The molecule has 3 N–H and O–H groups in total. The minimum atomic E-state index is -1.14. The minimum absolute atomic E-state index is 0.0640. The molecule has 2 aromatic rings. The van der Waals surface area contributed by atoms with E-state index in [1.807, 2.05) is 24.3 Å². The molecule has 0 radical (unpaired) electrons. The summed E-state index contributed by atoms with van der Waals surface area (Å²) in [6, 6.07) is 12.6. The Kier molecular flexibility index (Phi) is 6.84. The molecule has 0 aliphatic carbocycles. The molecule has 0 bridgehead atoms. The van der Waals surface area contributed by atoms with Crippen LogP contribution in [0.3, 0.4) is 0 Å². The SMILES string of the molecule is COc1ccccc1N1CCN(C(=O)C/C(=C\C(=O)O)c2cc(Cl)ccc2N)CC1. The molecule has 1 fully saturated rings. The van der Waals surface area contributed by atoms with Gasteiger partial charge in [-0.3, -0.25) is 4.79 Å². The van der Waals surface area contributed by atoms with Gasteiger partial charge in [0.05, 0.1) is 19.2 Å². The molecule has 8 heteroatoms. The maximum absolute atomic E-state index is 12.9. The van der Waals surface area contributed by atoms with Crippen molar-refractivity contribution >= 4 is 40.4 Å². The molecule has 3 rings (SSSR count). The first-order chi connectivity index (χ1) is 14.4. The Hall–Kier alpha value is -3.19. The van der Waals surface area contributed by atoms with E-state index in [9.17, 15) is 14.7 Å². The van der Waals surface area contributed by atoms with Crippen LogP contribution in [0.2, 0.25) is 5.02 Å². The Balaban J connectivity index is 1.70. The second-order valence-corrected chi connectivity index (χ2v) is 7.39. The van der Waals surface area contributed by atoms with Gasteiger partial charge in [0.25, 0.3) is 0 Å². The van der Waals surface area contributed by atoms with Crippen molar-refractivity contribution in [3.8, 4) is 5.75 Å². The lowest BCUT2D eigenvalue weighted by molar-refractivity contribution is -0.131. The minimum Gasteiger partial charge on any atom is -0.495 e. The van der Waals surface area contributed by atoms with E-state index in [4.69, 9.17) is 22.1 Å². The van der Waals surface area contributed by atoms with Crippen LogP contribution in [0.25, 0.3) is 5.57 Å². The fraction of sp³-hybridized carbons (Fsp3) is 0.273. The van der Waals surface area contributed by atoms with Crippen LogP contribution in [0.1, 0.15) is 12.0 Å². The van der Waals surface area contributed by atoms with Crippen molar-refractivity contribution in [2.45, 2.75) is 6.42 Å². The zero-order chi connectivity index (χ0) is 21.7. The number of halogens is 1. The second kappa shape index (κ2) is 9.54. The molecule has 1 aliphatic heterocycles. The summed E-state index contributed by atoms with van der Waals surface area (Å²) in [5.74, 6) is -0.500. The number of hydrogen-bond acceptors (Lipinski definition) is 5. The predicted molar refractivity (Wildman–Crippen MR) is 118 cm³/mol. The lowest BCUT2D eigenvalue weighted by Crippen LogP contribution is -2.48. The third-order valence-corrected chi connectivity index (χ3v) is 5.29. The summed E-state index contributed by atoms with van der Waals surface area (Å²) in [7, 11) is 1.64. The highest BCUT2D eigenvalue weighted by molar-refractivity contribution is 6.31. The molecule has 1 heterocycles. The zero-order valence-corrected chi connectivity index (χ0v) is 17.4. The van der Waals surface area contributed by atoms with Gasteiger partial charge in [-0.2, -0.15) is 0 Å². The number of nitrogens with zero attached hydrogens (tertiary/aromatic N) is 2. The Bertz CT molecular complexity index is 969. The summed E-state index contributed by atoms with van der Waals surface area (Å²) in [6.45, 7) is 2.37. The largest absolute Gasteiger partial charge is 0.495 e. The van der Waals surface area contributed by atoms with Crippen LogP contribution in [0.5, 0.6) is 5.75 Å². The molecular weight excluding hydrogens is 406 g/mol. The summed E-state index contributed by atoms with van der Waals surface area (Å²) >= 11 is 6.04. The molecule has 7 nitrogen and oxygen atoms in total. The molecule has 0 atom stereocenters. The number of anilines is 2. The van der Waals surface area contributed by atoms with E-state index >= 15 is 0 Å². The number of carboxylic acid groups (broad SMARTS) is 1. The average molecular weight is 430 g/mol. The first-order valence-electron chi connectivity index (χ1n) is 9.53. The molecule has 30 heavy (non-hydrogen) atoms. The molecule has 0 spiro atoms. The highest BCUT2D eigenvalue weighted by Gasteiger charge is 2.24. The van der Waals surface area contributed by atoms with Crippen molar-refractivity contribution in [2.75, 3.05) is 43.9 Å². The molecule has 1 amide bonds. The van der Waals surface area contributed by atoms with Gasteiger partial charge >= 0.3 is 5.97 Å². The highest BCUT2D eigenvalue weighted by Crippen LogP contribution is 2.30. The average Bonchev–Trinajstić information content (AvgIpc) is 2.74. The maximum atomic E-state index is 12.9. The van der Waals surface area contributed by atoms with Crippen LogP contribution in [-0.2, 0) is 9.59 Å². The number of nitrogen functional groups attached to an aromatic ring is 1. The lowest BCUT2D eigenvalue weighted by Gasteiger charge is -2.36. The van der Waals surface area contributed by atoms with E-state index in [-0.39, 0.29) is 12.3 Å². The summed E-state index contributed by atoms with van der Waals surface area (Å²) < 4.78 is 5.42. The number of benzene rings is 2. The third-order valence-electron chi connectivity index (χ3n) is 5.06. The van der Waals surface area contributed by atoms with E-state index in [1.165, 1.54) is 0 Å². The van der Waals surface area contributed by atoms with Crippen molar-refractivity contribution < 1.29 is 19.4 Å². The number of hydrogen-bond donors (Lipinski definition) is 2. The van der Waals surface area contributed by atoms with Crippen LogP contribution in [0.15, 0.2) is 48.5 Å². The van der Waals surface area contributed by atoms with Crippen molar-refractivity contribution in [3.63, 3.8) is 0 Å². The topological polar surface area (TPSA) is 96.1 Å². The predicted octanol–water partition coefficient (Wildman–Crippen LogP) is 3.14. The molecule has 0 saturated carbocycles. The van der Waals surface area contributed by atoms with Crippen LogP contribution < -0.4 is 15.4 Å². The van der Waals surface area contributed by atoms with Crippen LogP contribution >= 0.6 is 11.6 Å². The number of piperazine rings is 1. The Morgan fingerprint density at radius 1 is 1.17 bits per heavy atom. The van der Waals surface area contributed by atoms with Gasteiger partial charge in [0, 0.05) is 48.5 Å². The summed E-state index contributed by atoms with van der Waals surface area (Å²) in [5, 5.41) is 9.67. The van der Waals surface area contributed by atoms with Crippen LogP contribution in [0.4, 0.5) is 11.4 Å². The van der Waals surface area contributed by atoms with Gasteiger partial charge in [-0.1, -0.05) is 23.7 Å². The molecule has 158 valence electrons. The molecule has 0 aromatic heterocycles. The Morgan fingerprint density at radius 3 is 2.53 bits per heavy atom. The monoisotopic (exact) mass is 429 g/mol. The van der Waals surface area contributed by atoms with Gasteiger partial charge in [-0.15, -0.1) is 0 Å². The number of carboxylic acids is 1. The van der Waals surface area contributed by atoms with Crippen LogP contribution in [0, 0.1) is 0 Å². The number of carbonyl (C=O) groups excluding carboxylic acids is 1. The first kappa shape index (κ1) is 21.5. The van der Waals surface area contributed by atoms with Gasteiger partial charge in [-0.05, 0) is 35.9 Å². The Labute approximate surface area is 180 Å². The fourth-order valence-electron chi connectivity index (χ4n) is 3.54. The van der Waals surface area contributed by atoms with Gasteiger partial charge in [0.15, 0.2) is 0 Å². The summed E-state index contributed by atoms with van der Waals surface area (Å²) in [5.41, 5.74) is 8.16. The number of nitrogens with two attached hydrogens (primary N) is 1. The third kappa shape index (κ3) is 5.04. The van der Waals surface area contributed by atoms with E-state index in [2.05, 4.69) is 4.90 Å². The van der Waals surface area contributed by atoms with Gasteiger partial charge in [0.2, 0.25) is 5.91 Å². The van der Waals surface area contributed by atoms with Crippen LogP contribution in [-0.4, -0.2) is 55.2 Å². The first-order valence-corrected chi connectivity index (χ1v) is 9.91. The second-order valence-electron chi connectivity index (χ2n) is 6.96. The number of rotatable bonds is 6. The zero-order valence-electron chi connectivity index (χ0n) is 16.7. The maximum Gasteiger partial charge on any atom is 0.328 e. The van der Waals surface area contributed by atoms with E-state index in [1.54, 1.807) is 30.2 Å². The molecule has 0 unspecified atom stereocenters. The summed E-state index contributed by atoms with van der Waals surface area (Å²) in [6.07, 6.45) is 0.955. The van der Waals surface area contributed by atoms with Crippen molar-refractivity contribution in [2.24, 2.45) is 0 Å². The lowest BCUT2D eigenvalue weighted by atomic mass is 9.99. The van der Waals surface area contributed by atoms with Crippen molar-refractivity contribution in [1.29, 1.82) is 0 Å². The number of amides is 1. The van der Waals surface area contributed by atoms with E-state index in [0.717, 1.165) is 17.5 Å². The molecular formula is C22H24ClN3O4. The number of para-hydroxylation sites is 2. The number of ether oxygens (including phenoxy) is 1. The van der Waals surface area contributed by atoms with Gasteiger partial charge < -0.3 is 25.4 Å². The van der Waals surface area contributed by atoms with Crippen molar-refractivity contribution in [3.05, 3.63) is 59.1 Å². The van der Waals surface area contributed by atoms with E-state index in [0.29, 0.717) is 48.0 Å². The smallest absolute Gasteiger partial charge is 0.328 e. The number of methoxy groups -OCH3 is 1. The number of carbonyl (C=O) groups is 2. The highest BCUT2D eigenvalue weighted by atomic mass is 35.5. The normalized spacial score (nSPS) is 14.5. The molecule has 1 aliphatic rings. The number of aliphatic carboxylic acids is 1. The van der Waals surface area contributed by atoms with E-state index < -0.39 is 5.97 Å².